The third kappa shape index (κ3) is 9.94. The number of aromatic amines is 1. The van der Waals surface area contributed by atoms with Gasteiger partial charge in [0.15, 0.2) is 12.2 Å². The molecule has 2 heterocycles. The lowest BCUT2D eigenvalue weighted by molar-refractivity contribution is -0.289. The molecule has 268 valence electrons. The van der Waals surface area contributed by atoms with Gasteiger partial charge in [0.25, 0.3) is 0 Å². The van der Waals surface area contributed by atoms with Crippen molar-refractivity contribution in [2.45, 2.75) is 78.4 Å². The van der Waals surface area contributed by atoms with Gasteiger partial charge >= 0.3 is 23.9 Å². The molecule has 13 nitrogen and oxygen atoms in total. The summed E-state index contributed by atoms with van der Waals surface area (Å²) in [6.45, 7) is 6.61. The molecule has 0 radical (unpaired) electrons. The van der Waals surface area contributed by atoms with Gasteiger partial charge in [-0.1, -0.05) is 66.7 Å². The summed E-state index contributed by atoms with van der Waals surface area (Å²) >= 11 is 0. The molecule has 5 atom stereocenters. The van der Waals surface area contributed by atoms with E-state index in [4.69, 9.17) is 33.2 Å². The molecule has 0 amide bonds. The first kappa shape index (κ1) is 36.6. The highest BCUT2D eigenvalue weighted by atomic mass is 16.7. The minimum Gasteiger partial charge on any atom is -0.489 e. The molecular formula is C38H40N2O11. The fourth-order valence-electron chi connectivity index (χ4n) is 5.63. The zero-order chi connectivity index (χ0) is 36.5. The fraction of sp³-hybridized carbons (Fsp3) is 0.342. The highest BCUT2D eigenvalue weighted by Crippen LogP contribution is 2.33. The molecule has 1 aliphatic rings. The van der Waals surface area contributed by atoms with Crippen LogP contribution in [-0.2, 0) is 55.9 Å². The molecule has 0 aliphatic carbocycles. The van der Waals surface area contributed by atoms with Crippen LogP contribution in [0.2, 0.25) is 0 Å². The van der Waals surface area contributed by atoms with E-state index in [-0.39, 0.29) is 12.5 Å². The van der Waals surface area contributed by atoms with Crippen LogP contribution in [0.15, 0.2) is 78.9 Å². The quantitative estimate of drug-likeness (QED) is 0.147. The summed E-state index contributed by atoms with van der Waals surface area (Å²) in [6.07, 6.45) is -6.20. The molecule has 13 heteroatoms. The Kier molecular flexibility index (Phi) is 12.1. The number of esters is 4. The van der Waals surface area contributed by atoms with Crippen molar-refractivity contribution in [1.29, 1.82) is 0 Å². The minimum absolute atomic E-state index is 0.142. The second kappa shape index (κ2) is 16.8. The Morgan fingerprint density at radius 2 is 1.29 bits per heavy atom. The van der Waals surface area contributed by atoms with E-state index in [0.717, 1.165) is 48.8 Å². The van der Waals surface area contributed by atoms with E-state index in [1.54, 1.807) is 0 Å². The number of nitrogens with one attached hydrogen (secondary N) is 1. The van der Waals surface area contributed by atoms with Crippen LogP contribution in [0.5, 0.6) is 11.6 Å². The molecular weight excluding hydrogens is 660 g/mol. The Morgan fingerprint density at radius 3 is 1.90 bits per heavy atom. The molecule has 1 aliphatic heterocycles. The first-order valence-corrected chi connectivity index (χ1v) is 16.3. The number of carbonyl (C=O) groups excluding carboxylic acids is 4. The minimum atomic E-state index is -1.41. The Hall–Kier alpha value is -5.69. The van der Waals surface area contributed by atoms with E-state index in [1.165, 1.54) is 6.92 Å². The monoisotopic (exact) mass is 700 g/mol. The van der Waals surface area contributed by atoms with Crippen molar-refractivity contribution < 1.29 is 52.3 Å². The number of nitrogens with zero attached hydrogens (tertiary/aromatic N) is 1. The van der Waals surface area contributed by atoms with Crippen LogP contribution in [-0.4, -0.2) is 71.4 Å². The van der Waals surface area contributed by atoms with Crippen molar-refractivity contribution in [2.75, 3.05) is 6.61 Å². The van der Waals surface area contributed by atoms with Gasteiger partial charge in [-0.15, -0.1) is 5.10 Å². The lowest BCUT2D eigenvalue weighted by Crippen LogP contribution is -2.63. The van der Waals surface area contributed by atoms with Crippen molar-refractivity contribution in [1.82, 2.24) is 10.2 Å². The van der Waals surface area contributed by atoms with E-state index in [0.29, 0.717) is 24.3 Å². The zero-order valence-electron chi connectivity index (χ0n) is 29.0. The Balaban J connectivity index is 1.33. The molecule has 5 rings (SSSR count). The number of hydrogen-bond acceptors (Lipinski definition) is 12. The largest absolute Gasteiger partial charge is 0.489 e. The predicted octanol–water partition coefficient (Wildman–Crippen LogP) is 5.02. The first-order chi connectivity index (χ1) is 24.5. The molecule has 51 heavy (non-hydrogen) atoms. The smallest absolute Gasteiger partial charge is 0.303 e. The third-order valence-electron chi connectivity index (χ3n) is 7.98. The lowest BCUT2D eigenvalue weighted by Gasteiger charge is -2.43. The summed E-state index contributed by atoms with van der Waals surface area (Å²) in [5.41, 5.74) is 5.50. The molecule has 0 bridgehead atoms. The number of rotatable bonds is 13. The van der Waals surface area contributed by atoms with E-state index in [9.17, 15) is 19.2 Å². The lowest BCUT2D eigenvalue weighted by atomic mass is 9.98. The van der Waals surface area contributed by atoms with Crippen molar-refractivity contribution in [3.63, 3.8) is 0 Å². The molecule has 4 aromatic rings. The molecule has 3 aromatic carbocycles. The number of aryl methyl sites for hydroxylation is 1. The summed E-state index contributed by atoms with van der Waals surface area (Å²) in [5.74, 6) is -1.90. The van der Waals surface area contributed by atoms with Gasteiger partial charge in [0.05, 0.1) is 0 Å². The number of aromatic nitrogens is 2. The van der Waals surface area contributed by atoms with Crippen molar-refractivity contribution in [3.8, 4) is 22.8 Å². The highest BCUT2D eigenvalue weighted by Gasteiger charge is 2.53. The van der Waals surface area contributed by atoms with E-state index in [2.05, 4.69) is 10.2 Å². The third-order valence-corrected chi connectivity index (χ3v) is 7.98. The number of ether oxygens (including phenoxy) is 7. The number of H-pyrrole nitrogens is 1. The molecule has 0 saturated carbocycles. The maximum Gasteiger partial charge on any atom is 0.303 e. The summed E-state index contributed by atoms with van der Waals surface area (Å²) < 4.78 is 39.9. The fourth-order valence-corrected chi connectivity index (χ4v) is 5.63. The van der Waals surface area contributed by atoms with Crippen LogP contribution in [0.4, 0.5) is 0 Å². The zero-order valence-corrected chi connectivity index (χ0v) is 29.0. The van der Waals surface area contributed by atoms with Gasteiger partial charge in [0, 0.05) is 45.4 Å². The summed E-state index contributed by atoms with van der Waals surface area (Å²) in [7, 11) is 0. The van der Waals surface area contributed by atoms with Crippen molar-refractivity contribution in [2.24, 2.45) is 0 Å². The van der Waals surface area contributed by atoms with Gasteiger partial charge in [0.2, 0.25) is 18.3 Å². The normalized spacial score (nSPS) is 19.7. The number of carbonyl (C=O) groups is 4. The average Bonchev–Trinajstić information content (AvgIpc) is 3.43. The molecule has 1 N–H and O–H groups in total. The Bertz CT molecular complexity index is 1810. The van der Waals surface area contributed by atoms with E-state index >= 15 is 0 Å². The number of benzene rings is 3. The second-order valence-electron chi connectivity index (χ2n) is 12.0. The van der Waals surface area contributed by atoms with Gasteiger partial charge in [-0.3, -0.25) is 24.3 Å². The van der Waals surface area contributed by atoms with Crippen LogP contribution in [0.1, 0.15) is 50.1 Å². The Morgan fingerprint density at radius 1 is 0.706 bits per heavy atom. The summed E-state index contributed by atoms with van der Waals surface area (Å²) in [6, 6.07) is 25.9. The second-order valence-corrected chi connectivity index (χ2v) is 12.0. The Labute approximate surface area is 295 Å². The molecule has 1 saturated heterocycles. The van der Waals surface area contributed by atoms with Gasteiger partial charge in [-0.25, -0.2) is 0 Å². The maximum absolute atomic E-state index is 12.2. The van der Waals surface area contributed by atoms with Crippen LogP contribution in [0, 0.1) is 6.92 Å². The van der Waals surface area contributed by atoms with Crippen molar-refractivity contribution >= 4 is 23.9 Å². The van der Waals surface area contributed by atoms with Crippen LogP contribution in [0.3, 0.4) is 0 Å². The van der Waals surface area contributed by atoms with Crippen LogP contribution >= 0.6 is 0 Å². The standard InChI is InChI=1S/C38H40N2O11/c1-22-32(19-27-11-13-29(14-12-27)30-15-17-31(18-16-30)46-20-28-9-7-6-8-10-28)37(40-39-22)51-38-36(49-26(5)44)35(48-25(4)43)34(47-24(3)42)33(50-38)21-45-23(2)41/h6-18,33-36,38H,19-21H2,1-5H3,(H,39,40)/t33-,34-,35+,36-,38+/m1/s1. The topological polar surface area (TPSA) is 162 Å². The maximum atomic E-state index is 12.2. The van der Waals surface area contributed by atoms with Crippen LogP contribution < -0.4 is 9.47 Å². The highest BCUT2D eigenvalue weighted by molar-refractivity contribution is 5.69. The van der Waals surface area contributed by atoms with Gasteiger partial charge in [-0.05, 0) is 41.3 Å². The molecule has 1 fully saturated rings. The number of hydrogen-bond donors (Lipinski definition) is 1. The molecule has 0 unspecified atom stereocenters. The van der Waals surface area contributed by atoms with E-state index in [1.807, 2.05) is 85.8 Å². The van der Waals surface area contributed by atoms with E-state index < -0.39 is 54.6 Å². The van der Waals surface area contributed by atoms with Crippen molar-refractivity contribution in [3.05, 3.63) is 101 Å². The molecule has 0 spiro atoms. The summed E-state index contributed by atoms with van der Waals surface area (Å²) in [5, 5.41) is 7.24. The first-order valence-electron chi connectivity index (χ1n) is 16.3. The van der Waals surface area contributed by atoms with Gasteiger partial charge in [-0.2, -0.15) is 0 Å². The SMILES string of the molecule is CC(=O)OC[C@H]1O[C@@H](Oc2n[nH]c(C)c2Cc2ccc(-c3ccc(OCc4ccccc4)cc3)cc2)[C@H](OC(C)=O)[C@@H](OC(C)=O)[C@@H]1OC(C)=O. The van der Waals surface area contributed by atoms with Gasteiger partial charge in [0.1, 0.15) is 25.1 Å². The summed E-state index contributed by atoms with van der Waals surface area (Å²) in [4.78, 5) is 48.1. The van der Waals surface area contributed by atoms with Crippen LogP contribution in [0.25, 0.3) is 11.1 Å². The van der Waals surface area contributed by atoms with Gasteiger partial charge < -0.3 is 33.2 Å². The molecule has 1 aromatic heterocycles. The predicted molar refractivity (Wildman–Crippen MR) is 181 cm³/mol. The average molecular weight is 701 g/mol.